The zero-order valence-corrected chi connectivity index (χ0v) is 9.73. The van der Waals surface area contributed by atoms with Gasteiger partial charge in [0.1, 0.15) is 0 Å². The maximum absolute atomic E-state index is 8.84. The highest BCUT2D eigenvalue weighted by molar-refractivity contribution is 5.32. The summed E-state index contributed by atoms with van der Waals surface area (Å²) in [5.41, 5.74) is 1.90. The first-order valence-electron chi connectivity index (χ1n) is 6.23. The van der Waals surface area contributed by atoms with Crippen molar-refractivity contribution in [2.75, 3.05) is 0 Å². The number of hydrogen-bond donors (Lipinski definition) is 1. The molecule has 0 amide bonds. The molecule has 0 radical (unpaired) electrons. The van der Waals surface area contributed by atoms with Crippen molar-refractivity contribution >= 4 is 0 Å². The Morgan fingerprint density at radius 1 is 1.41 bits per heavy atom. The second-order valence-corrected chi connectivity index (χ2v) is 4.91. The summed E-state index contributed by atoms with van der Waals surface area (Å²) in [6.45, 7) is 0.826. The normalized spacial score (nSPS) is 30.4. The SMILES string of the molecule is N#Cc1cccc(CNC2CC3CCC2O3)c1. The molecular weight excluding hydrogens is 212 g/mol. The van der Waals surface area contributed by atoms with E-state index >= 15 is 0 Å². The van der Waals surface area contributed by atoms with Gasteiger partial charge in [-0.05, 0) is 37.0 Å². The van der Waals surface area contributed by atoms with Gasteiger partial charge in [-0.15, -0.1) is 0 Å². The quantitative estimate of drug-likeness (QED) is 0.860. The van der Waals surface area contributed by atoms with E-state index < -0.39 is 0 Å². The van der Waals surface area contributed by atoms with Crippen molar-refractivity contribution in [1.29, 1.82) is 5.26 Å². The van der Waals surface area contributed by atoms with Gasteiger partial charge in [-0.2, -0.15) is 5.26 Å². The highest BCUT2D eigenvalue weighted by Gasteiger charge is 2.40. The number of nitrogens with one attached hydrogen (secondary N) is 1. The lowest BCUT2D eigenvalue weighted by Crippen LogP contribution is -2.36. The van der Waals surface area contributed by atoms with Crippen LogP contribution in [0.15, 0.2) is 24.3 Å². The van der Waals surface area contributed by atoms with Crippen molar-refractivity contribution in [3.8, 4) is 6.07 Å². The molecule has 88 valence electrons. The van der Waals surface area contributed by atoms with Crippen LogP contribution in [0.4, 0.5) is 0 Å². The third-order valence-corrected chi connectivity index (χ3v) is 3.73. The molecule has 2 heterocycles. The predicted octanol–water partition coefficient (Wildman–Crippen LogP) is 1.97. The van der Waals surface area contributed by atoms with E-state index in [0.717, 1.165) is 18.5 Å². The Morgan fingerprint density at radius 2 is 2.35 bits per heavy atom. The lowest BCUT2D eigenvalue weighted by atomic mass is 9.95. The minimum atomic E-state index is 0.416. The largest absolute Gasteiger partial charge is 0.373 e. The van der Waals surface area contributed by atoms with E-state index in [1.807, 2.05) is 18.2 Å². The average Bonchev–Trinajstić information content (AvgIpc) is 2.99. The Hall–Kier alpha value is -1.37. The topological polar surface area (TPSA) is 45.0 Å². The van der Waals surface area contributed by atoms with Crippen LogP contribution < -0.4 is 5.32 Å². The van der Waals surface area contributed by atoms with E-state index in [1.54, 1.807) is 0 Å². The summed E-state index contributed by atoms with van der Waals surface area (Å²) in [5, 5.41) is 12.4. The third-order valence-electron chi connectivity index (χ3n) is 3.73. The van der Waals surface area contributed by atoms with Crippen LogP contribution in [0.25, 0.3) is 0 Å². The standard InChI is InChI=1S/C14H16N2O/c15-8-10-2-1-3-11(6-10)9-16-13-7-12-4-5-14(13)17-12/h1-3,6,12-14,16H,4-5,7,9H2. The number of fused-ring (bicyclic) bond motifs is 2. The van der Waals surface area contributed by atoms with Gasteiger partial charge >= 0.3 is 0 Å². The van der Waals surface area contributed by atoms with Crippen LogP contribution in [0.5, 0.6) is 0 Å². The molecule has 0 aliphatic carbocycles. The predicted molar refractivity (Wildman–Crippen MR) is 64.3 cm³/mol. The molecule has 1 aromatic rings. The molecular formula is C14H16N2O. The van der Waals surface area contributed by atoms with Crippen molar-refractivity contribution in [2.45, 2.75) is 44.1 Å². The Bertz CT molecular complexity index is 452. The molecule has 2 fully saturated rings. The summed E-state index contributed by atoms with van der Waals surface area (Å²) in [6, 6.07) is 10.4. The number of ether oxygens (including phenoxy) is 1. The van der Waals surface area contributed by atoms with E-state index in [0.29, 0.717) is 18.2 Å². The first-order chi connectivity index (χ1) is 8.35. The number of rotatable bonds is 3. The first-order valence-corrected chi connectivity index (χ1v) is 6.23. The highest BCUT2D eigenvalue weighted by Crippen LogP contribution is 2.34. The fraction of sp³-hybridized carbons (Fsp3) is 0.500. The van der Waals surface area contributed by atoms with Crippen molar-refractivity contribution in [3.05, 3.63) is 35.4 Å². The van der Waals surface area contributed by atoms with Gasteiger partial charge in [-0.1, -0.05) is 12.1 Å². The third kappa shape index (κ3) is 2.19. The van der Waals surface area contributed by atoms with Gasteiger partial charge in [0.2, 0.25) is 0 Å². The Morgan fingerprint density at radius 3 is 3.06 bits per heavy atom. The lowest BCUT2D eigenvalue weighted by molar-refractivity contribution is 0.0973. The zero-order chi connectivity index (χ0) is 11.7. The van der Waals surface area contributed by atoms with Gasteiger partial charge in [0, 0.05) is 12.6 Å². The van der Waals surface area contributed by atoms with E-state index in [9.17, 15) is 0 Å². The molecule has 0 spiro atoms. The van der Waals surface area contributed by atoms with Gasteiger partial charge in [0.15, 0.2) is 0 Å². The van der Waals surface area contributed by atoms with Crippen LogP contribution in [-0.2, 0) is 11.3 Å². The van der Waals surface area contributed by atoms with Gasteiger partial charge in [-0.25, -0.2) is 0 Å². The summed E-state index contributed by atoms with van der Waals surface area (Å²) < 4.78 is 5.80. The van der Waals surface area contributed by atoms with E-state index in [4.69, 9.17) is 10.00 Å². The molecule has 2 aliphatic heterocycles. The lowest BCUT2D eigenvalue weighted by Gasteiger charge is -2.20. The Balaban J connectivity index is 1.59. The molecule has 2 saturated heterocycles. The van der Waals surface area contributed by atoms with Gasteiger partial charge < -0.3 is 10.1 Å². The molecule has 1 aromatic carbocycles. The number of nitriles is 1. The molecule has 3 heteroatoms. The minimum Gasteiger partial charge on any atom is -0.373 e. The fourth-order valence-corrected chi connectivity index (χ4v) is 2.85. The molecule has 2 bridgehead atoms. The minimum absolute atomic E-state index is 0.416. The molecule has 0 aromatic heterocycles. The first kappa shape index (κ1) is 10.8. The Labute approximate surface area is 101 Å². The maximum Gasteiger partial charge on any atom is 0.0991 e. The molecule has 3 rings (SSSR count). The summed E-state index contributed by atoms with van der Waals surface area (Å²) in [7, 11) is 0. The van der Waals surface area contributed by atoms with Gasteiger partial charge in [0.25, 0.3) is 0 Å². The van der Waals surface area contributed by atoms with Crippen LogP contribution in [0.2, 0.25) is 0 Å². The number of hydrogen-bond acceptors (Lipinski definition) is 3. The molecule has 0 saturated carbocycles. The van der Waals surface area contributed by atoms with E-state index in [2.05, 4.69) is 17.5 Å². The van der Waals surface area contributed by atoms with Gasteiger partial charge in [-0.3, -0.25) is 0 Å². The second-order valence-electron chi connectivity index (χ2n) is 4.91. The smallest absolute Gasteiger partial charge is 0.0991 e. The van der Waals surface area contributed by atoms with Crippen molar-refractivity contribution in [2.24, 2.45) is 0 Å². The van der Waals surface area contributed by atoms with Crippen molar-refractivity contribution < 1.29 is 4.74 Å². The summed E-state index contributed by atoms with van der Waals surface area (Å²) >= 11 is 0. The Kier molecular flexibility index (Phi) is 2.84. The average molecular weight is 228 g/mol. The molecule has 3 unspecified atom stereocenters. The second kappa shape index (κ2) is 4.48. The molecule has 1 N–H and O–H groups in total. The summed E-state index contributed by atoms with van der Waals surface area (Å²) in [4.78, 5) is 0. The molecule has 2 aliphatic rings. The number of benzene rings is 1. The maximum atomic E-state index is 8.84. The van der Waals surface area contributed by atoms with Crippen LogP contribution in [0.1, 0.15) is 30.4 Å². The zero-order valence-electron chi connectivity index (χ0n) is 9.73. The van der Waals surface area contributed by atoms with E-state index in [-0.39, 0.29) is 0 Å². The molecule has 3 atom stereocenters. The van der Waals surface area contributed by atoms with Crippen LogP contribution in [0.3, 0.4) is 0 Å². The number of nitrogens with zero attached hydrogens (tertiary/aromatic N) is 1. The molecule has 17 heavy (non-hydrogen) atoms. The van der Waals surface area contributed by atoms with Crippen LogP contribution in [-0.4, -0.2) is 18.2 Å². The summed E-state index contributed by atoms with van der Waals surface area (Å²) in [5.74, 6) is 0. The highest BCUT2D eigenvalue weighted by atomic mass is 16.5. The van der Waals surface area contributed by atoms with Crippen LogP contribution >= 0.6 is 0 Å². The monoisotopic (exact) mass is 228 g/mol. The molecule has 3 nitrogen and oxygen atoms in total. The van der Waals surface area contributed by atoms with E-state index in [1.165, 1.54) is 18.4 Å². The van der Waals surface area contributed by atoms with Gasteiger partial charge in [0.05, 0.1) is 23.8 Å². The van der Waals surface area contributed by atoms with Crippen molar-refractivity contribution in [1.82, 2.24) is 5.32 Å². The summed E-state index contributed by atoms with van der Waals surface area (Å²) in [6.07, 6.45) is 4.47. The van der Waals surface area contributed by atoms with Crippen LogP contribution in [0, 0.1) is 11.3 Å². The fourth-order valence-electron chi connectivity index (χ4n) is 2.85. The van der Waals surface area contributed by atoms with Crippen molar-refractivity contribution in [3.63, 3.8) is 0 Å².